The average Bonchev–Trinajstić information content (AvgIpc) is 2.45. The molecule has 23 heavy (non-hydrogen) atoms. The first kappa shape index (κ1) is 18.8. The minimum atomic E-state index is 0.339. The van der Waals surface area contributed by atoms with Crippen molar-refractivity contribution < 1.29 is 9.47 Å². The van der Waals surface area contributed by atoms with Gasteiger partial charge in [0.05, 0.1) is 24.9 Å². The van der Waals surface area contributed by atoms with E-state index in [1.54, 1.807) is 0 Å². The lowest BCUT2D eigenvalue weighted by Crippen LogP contribution is -2.42. The Morgan fingerprint density at radius 3 is 2.35 bits per heavy atom. The molecule has 0 amide bonds. The Morgan fingerprint density at radius 1 is 1.04 bits per heavy atom. The third-order valence-electron chi connectivity index (χ3n) is 4.69. The minimum absolute atomic E-state index is 0.339. The Bertz CT molecular complexity index is 382. The summed E-state index contributed by atoms with van der Waals surface area (Å²) in [6, 6.07) is 0. The number of hydrogen-bond acceptors (Lipinski definition) is 3. The summed E-state index contributed by atoms with van der Waals surface area (Å²) in [5.74, 6) is 8.00. The van der Waals surface area contributed by atoms with Crippen LogP contribution in [0.5, 0.6) is 0 Å². The van der Waals surface area contributed by atoms with Crippen LogP contribution in [0.25, 0.3) is 0 Å². The van der Waals surface area contributed by atoms with Crippen molar-refractivity contribution in [3.05, 3.63) is 0 Å². The molecule has 0 aromatic heterocycles. The number of hydrogen-bond donors (Lipinski definition) is 0. The first-order valence-corrected chi connectivity index (χ1v) is 9.50. The number of nitrogens with zero attached hydrogens (tertiary/aromatic N) is 1. The molecule has 0 aromatic carbocycles. The lowest BCUT2D eigenvalue weighted by molar-refractivity contribution is -0.0862. The smallest absolute Gasteiger partial charge is 0.0603 e. The summed E-state index contributed by atoms with van der Waals surface area (Å²) < 4.78 is 11.9. The molecule has 2 rings (SSSR count). The normalized spacial score (nSPS) is 26.2. The van der Waals surface area contributed by atoms with Crippen LogP contribution >= 0.6 is 0 Å². The van der Waals surface area contributed by atoms with E-state index < -0.39 is 0 Å². The molecule has 0 N–H and O–H groups in total. The van der Waals surface area contributed by atoms with Crippen molar-refractivity contribution in [2.24, 2.45) is 11.8 Å². The zero-order valence-corrected chi connectivity index (χ0v) is 15.5. The van der Waals surface area contributed by atoms with Crippen LogP contribution in [-0.4, -0.2) is 49.5 Å². The van der Waals surface area contributed by atoms with Crippen LogP contribution in [0.2, 0.25) is 0 Å². The molecule has 132 valence electrons. The molecule has 2 aliphatic rings. The van der Waals surface area contributed by atoms with Crippen LogP contribution in [0, 0.1) is 23.7 Å². The number of rotatable bonds is 7. The standard InChI is InChI=1S/C20H35NO2/c1-16(2)6-5-7-18-14-20(15-18)23-19-8-10-21(11-9-19)12-13-22-17(3)4/h16-20H,6,8-15H2,1-4H3. The van der Waals surface area contributed by atoms with Gasteiger partial charge in [-0.05, 0) is 45.4 Å². The maximum atomic E-state index is 6.25. The average molecular weight is 322 g/mol. The Kier molecular flexibility index (Phi) is 7.89. The van der Waals surface area contributed by atoms with Crippen molar-refractivity contribution >= 4 is 0 Å². The maximum Gasteiger partial charge on any atom is 0.0603 e. The van der Waals surface area contributed by atoms with Gasteiger partial charge in [-0.15, -0.1) is 5.92 Å². The SMILES string of the molecule is CC(C)CC#CC1CC(OC2CCN(CCOC(C)C)CC2)C1. The van der Waals surface area contributed by atoms with Crippen molar-refractivity contribution in [2.45, 2.75) is 78.1 Å². The zero-order chi connectivity index (χ0) is 16.7. The Morgan fingerprint density at radius 2 is 1.74 bits per heavy atom. The summed E-state index contributed by atoms with van der Waals surface area (Å²) in [6.07, 6.45) is 6.93. The number of likely N-dealkylation sites (tertiary alicyclic amines) is 1. The largest absolute Gasteiger partial charge is 0.377 e. The molecule has 1 heterocycles. The van der Waals surface area contributed by atoms with Crippen molar-refractivity contribution in [3.63, 3.8) is 0 Å². The van der Waals surface area contributed by atoms with E-state index in [9.17, 15) is 0 Å². The zero-order valence-electron chi connectivity index (χ0n) is 15.5. The van der Waals surface area contributed by atoms with Gasteiger partial charge in [0.1, 0.15) is 0 Å². The maximum absolute atomic E-state index is 6.25. The molecule has 2 fully saturated rings. The van der Waals surface area contributed by atoms with E-state index >= 15 is 0 Å². The molecule has 1 saturated heterocycles. The summed E-state index contributed by atoms with van der Waals surface area (Å²) in [7, 11) is 0. The second-order valence-electron chi connectivity index (χ2n) is 7.81. The van der Waals surface area contributed by atoms with Crippen molar-refractivity contribution in [2.75, 3.05) is 26.2 Å². The van der Waals surface area contributed by atoms with E-state index in [0.717, 1.165) is 45.5 Å². The quantitative estimate of drug-likeness (QED) is 0.667. The van der Waals surface area contributed by atoms with Crippen LogP contribution in [-0.2, 0) is 9.47 Å². The van der Waals surface area contributed by atoms with Crippen LogP contribution in [0.1, 0.15) is 59.8 Å². The van der Waals surface area contributed by atoms with Gasteiger partial charge in [0.25, 0.3) is 0 Å². The van der Waals surface area contributed by atoms with Gasteiger partial charge in [0.2, 0.25) is 0 Å². The predicted molar refractivity (Wildman–Crippen MR) is 95.4 cm³/mol. The van der Waals surface area contributed by atoms with Gasteiger partial charge >= 0.3 is 0 Å². The first-order chi connectivity index (χ1) is 11.0. The third kappa shape index (κ3) is 7.25. The molecule has 3 nitrogen and oxygen atoms in total. The van der Waals surface area contributed by atoms with Gasteiger partial charge in [-0.1, -0.05) is 19.8 Å². The van der Waals surface area contributed by atoms with Gasteiger partial charge in [0.15, 0.2) is 0 Å². The van der Waals surface area contributed by atoms with Crippen LogP contribution in [0.15, 0.2) is 0 Å². The van der Waals surface area contributed by atoms with Crippen molar-refractivity contribution in [1.29, 1.82) is 0 Å². The molecule has 3 heteroatoms. The lowest BCUT2D eigenvalue weighted by atomic mass is 9.82. The lowest BCUT2D eigenvalue weighted by Gasteiger charge is -2.38. The van der Waals surface area contributed by atoms with Crippen molar-refractivity contribution in [3.8, 4) is 11.8 Å². The highest BCUT2D eigenvalue weighted by molar-refractivity contribution is 5.09. The fraction of sp³-hybridized carbons (Fsp3) is 0.900. The number of piperidine rings is 1. The molecule has 0 bridgehead atoms. The Labute approximate surface area is 143 Å². The summed E-state index contributed by atoms with van der Waals surface area (Å²) >= 11 is 0. The van der Waals surface area contributed by atoms with Gasteiger partial charge in [-0.2, -0.15) is 0 Å². The molecule has 0 radical (unpaired) electrons. The molecule has 0 spiro atoms. The molecular weight excluding hydrogens is 286 g/mol. The van der Waals surface area contributed by atoms with E-state index in [-0.39, 0.29) is 0 Å². The van der Waals surface area contributed by atoms with Crippen LogP contribution < -0.4 is 0 Å². The highest BCUT2D eigenvalue weighted by Gasteiger charge is 2.31. The minimum Gasteiger partial charge on any atom is -0.377 e. The van der Waals surface area contributed by atoms with Gasteiger partial charge in [-0.3, -0.25) is 0 Å². The molecule has 0 unspecified atom stereocenters. The molecule has 1 saturated carbocycles. The highest BCUT2D eigenvalue weighted by atomic mass is 16.5. The first-order valence-electron chi connectivity index (χ1n) is 9.50. The Balaban J connectivity index is 1.53. The number of ether oxygens (including phenoxy) is 2. The van der Waals surface area contributed by atoms with Gasteiger partial charge in [0, 0.05) is 32.0 Å². The predicted octanol–water partition coefficient (Wildman–Crippen LogP) is 3.72. The summed E-state index contributed by atoms with van der Waals surface area (Å²) in [5, 5.41) is 0. The van der Waals surface area contributed by atoms with E-state index in [2.05, 4.69) is 44.4 Å². The molecule has 1 aliphatic heterocycles. The van der Waals surface area contributed by atoms with Crippen LogP contribution in [0.4, 0.5) is 0 Å². The molecule has 0 atom stereocenters. The summed E-state index contributed by atoms with van der Waals surface area (Å²) in [5.41, 5.74) is 0. The van der Waals surface area contributed by atoms with E-state index in [0.29, 0.717) is 30.1 Å². The third-order valence-corrected chi connectivity index (χ3v) is 4.69. The van der Waals surface area contributed by atoms with Crippen LogP contribution in [0.3, 0.4) is 0 Å². The monoisotopic (exact) mass is 321 g/mol. The van der Waals surface area contributed by atoms with E-state index in [1.165, 1.54) is 12.8 Å². The molecule has 1 aliphatic carbocycles. The second-order valence-corrected chi connectivity index (χ2v) is 7.81. The van der Waals surface area contributed by atoms with Crippen molar-refractivity contribution in [1.82, 2.24) is 4.90 Å². The molecule has 0 aromatic rings. The Hall–Kier alpha value is -0.560. The second kappa shape index (κ2) is 9.67. The topological polar surface area (TPSA) is 21.7 Å². The fourth-order valence-electron chi connectivity index (χ4n) is 3.16. The van der Waals surface area contributed by atoms with E-state index in [4.69, 9.17) is 9.47 Å². The summed E-state index contributed by atoms with van der Waals surface area (Å²) in [6.45, 7) is 12.8. The highest BCUT2D eigenvalue weighted by Crippen LogP contribution is 2.32. The van der Waals surface area contributed by atoms with Gasteiger partial charge < -0.3 is 14.4 Å². The summed E-state index contributed by atoms with van der Waals surface area (Å²) in [4.78, 5) is 2.50. The fourth-order valence-corrected chi connectivity index (χ4v) is 3.16. The van der Waals surface area contributed by atoms with E-state index in [1.807, 2.05) is 0 Å². The van der Waals surface area contributed by atoms with Gasteiger partial charge in [-0.25, -0.2) is 0 Å². The molecular formula is C20H35NO2.